The van der Waals surface area contributed by atoms with Crippen LogP contribution in [-0.2, 0) is 11.3 Å². The predicted molar refractivity (Wildman–Crippen MR) is 65.5 cm³/mol. The van der Waals surface area contributed by atoms with Gasteiger partial charge in [-0.25, -0.2) is 4.98 Å². The maximum Gasteiger partial charge on any atom is 0.223 e. The number of nitrogens with one attached hydrogen (secondary N) is 1. The van der Waals surface area contributed by atoms with Crippen LogP contribution >= 0.6 is 0 Å². The molecule has 1 aliphatic heterocycles. The molecule has 0 spiro atoms. The van der Waals surface area contributed by atoms with E-state index < -0.39 is 0 Å². The second-order valence-corrected chi connectivity index (χ2v) is 4.70. The zero-order valence-corrected chi connectivity index (χ0v) is 10.5. The number of rotatable bonds is 4. The highest BCUT2D eigenvalue weighted by Crippen LogP contribution is 2.22. The third-order valence-corrected chi connectivity index (χ3v) is 3.23. The number of aromatic nitrogens is 2. The lowest BCUT2D eigenvalue weighted by atomic mass is 10.2. The van der Waals surface area contributed by atoms with E-state index in [1.54, 1.807) is 19.0 Å². The van der Waals surface area contributed by atoms with Gasteiger partial charge in [-0.1, -0.05) is 0 Å². The summed E-state index contributed by atoms with van der Waals surface area (Å²) >= 11 is 0. The summed E-state index contributed by atoms with van der Waals surface area (Å²) in [6.07, 6.45) is 6.63. The monoisotopic (exact) mass is 236 g/mol. The molecule has 0 radical (unpaired) electrons. The van der Waals surface area contributed by atoms with Crippen LogP contribution in [0.2, 0.25) is 0 Å². The Morgan fingerprint density at radius 1 is 1.65 bits per heavy atom. The molecule has 0 aliphatic carbocycles. The highest BCUT2D eigenvalue weighted by molar-refractivity contribution is 5.75. The second kappa shape index (κ2) is 5.31. The molecule has 94 valence electrons. The summed E-state index contributed by atoms with van der Waals surface area (Å²) in [7, 11) is 3.57. The molecule has 0 aromatic carbocycles. The van der Waals surface area contributed by atoms with Gasteiger partial charge in [0.15, 0.2) is 0 Å². The highest BCUT2D eigenvalue weighted by atomic mass is 16.2. The maximum absolute atomic E-state index is 11.5. The van der Waals surface area contributed by atoms with Crippen LogP contribution in [-0.4, -0.2) is 41.0 Å². The molecule has 1 N–H and O–H groups in total. The summed E-state index contributed by atoms with van der Waals surface area (Å²) in [6.45, 7) is 1.79. The SMILES string of the molecule is CN(C)C(=O)CCn1cncc1[C@@H]1CCCN1. The van der Waals surface area contributed by atoms with E-state index in [1.807, 2.05) is 12.5 Å². The fraction of sp³-hybridized carbons (Fsp3) is 0.667. The summed E-state index contributed by atoms with van der Waals surface area (Å²) in [5.74, 6) is 0.157. The molecule has 1 saturated heterocycles. The minimum absolute atomic E-state index is 0.157. The Morgan fingerprint density at radius 2 is 2.47 bits per heavy atom. The lowest BCUT2D eigenvalue weighted by Crippen LogP contribution is -2.24. The van der Waals surface area contributed by atoms with E-state index >= 15 is 0 Å². The van der Waals surface area contributed by atoms with Gasteiger partial charge in [-0.2, -0.15) is 0 Å². The van der Waals surface area contributed by atoms with Crippen LogP contribution in [0.5, 0.6) is 0 Å². The van der Waals surface area contributed by atoms with Crippen molar-refractivity contribution in [2.75, 3.05) is 20.6 Å². The minimum Gasteiger partial charge on any atom is -0.349 e. The quantitative estimate of drug-likeness (QED) is 0.840. The Balaban J connectivity index is 1.96. The summed E-state index contributed by atoms with van der Waals surface area (Å²) in [5, 5.41) is 3.45. The lowest BCUT2D eigenvalue weighted by molar-refractivity contribution is -0.128. The first-order chi connectivity index (χ1) is 8.18. The number of nitrogens with zero attached hydrogens (tertiary/aromatic N) is 3. The smallest absolute Gasteiger partial charge is 0.223 e. The highest BCUT2D eigenvalue weighted by Gasteiger charge is 2.19. The summed E-state index contributed by atoms with van der Waals surface area (Å²) in [4.78, 5) is 17.4. The lowest BCUT2D eigenvalue weighted by Gasteiger charge is -2.15. The zero-order chi connectivity index (χ0) is 12.3. The summed E-state index contributed by atoms with van der Waals surface area (Å²) < 4.78 is 2.09. The van der Waals surface area contributed by atoms with Crippen molar-refractivity contribution in [1.29, 1.82) is 0 Å². The molecule has 5 heteroatoms. The molecular weight excluding hydrogens is 216 g/mol. The van der Waals surface area contributed by atoms with Crippen LogP contribution in [0.3, 0.4) is 0 Å². The number of hydrogen-bond acceptors (Lipinski definition) is 3. The van der Waals surface area contributed by atoms with Crippen LogP contribution in [0.1, 0.15) is 31.0 Å². The predicted octanol–water partition coefficient (Wildman–Crippen LogP) is 0.786. The molecule has 1 aromatic rings. The minimum atomic E-state index is 0.157. The van der Waals surface area contributed by atoms with E-state index in [2.05, 4.69) is 14.9 Å². The van der Waals surface area contributed by atoms with Gasteiger partial charge in [0.25, 0.3) is 0 Å². The average molecular weight is 236 g/mol. The van der Waals surface area contributed by atoms with Gasteiger partial charge in [0.1, 0.15) is 0 Å². The fourth-order valence-corrected chi connectivity index (χ4v) is 2.18. The molecule has 0 saturated carbocycles. The Kier molecular flexibility index (Phi) is 3.78. The molecule has 1 amide bonds. The molecule has 1 aromatic heterocycles. The Bertz CT molecular complexity index is 380. The van der Waals surface area contributed by atoms with Crippen molar-refractivity contribution in [3.63, 3.8) is 0 Å². The van der Waals surface area contributed by atoms with Crippen molar-refractivity contribution in [1.82, 2.24) is 19.8 Å². The molecule has 2 rings (SSSR count). The largest absolute Gasteiger partial charge is 0.349 e. The Morgan fingerprint density at radius 3 is 3.12 bits per heavy atom. The van der Waals surface area contributed by atoms with E-state index in [9.17, 15) is 4.79 Å². The second-order valence-electron chi connectivity index (χ2n) is 4.70. The van der Waals surface area contributed by atoms with Crippen LogP contribution in [0, 0.1) is 0 Å². The Labute approximate surface area is 102 Å². The average Bonchev–Trinajstić information content (AvgIpc) is 2.95. The van der Waals surface area contributed by atoms with E-state index in [-0.39, 0.29) is 5.91 Å². The normalized spacial score (nSPS) is 19.5. The number of aryl methyl sites for hydroxylation is 1. The first-order valence-electron chi connectivity index (χ1n) is 6.12. The number of carbonyl (C=O) groups excluding carboxylic acids is 1. The van der Waals surface area contributed by atoms with Crippen LogP contribution in [0.4, 0.5) is 0 Å². The van der Waals surface area contributed by atoms with Gasteiger partial charge in [-0.15, -0.1) is 0 Å². The standard InChI is InChI=1S/C12H20N4O/c1-15(2)12(17)5-7-16-9-13-8-11(16)10-4-3-6-14-10/h8-10,14H,3-7H2,1-2H3/t10-/m0/s1. The van der Waals surface area contributed by atoms with Gasteiger partial charge in [0.05, 0.1) is 12.0 Å². The third-order valence-electron chi connectivity index (χ3n) is 3.23. The Hall–Kier alpha value is -1.36. The number of amides is 1. The van der Waals surface area contributed by atoms with Gasteiger partial charge in [0, 0.05) is 39.3 Å². The molecule has 1 atom stereocenters. The molecular formula is C12H20N4O. The molecule has 5 nitrogen and oxygen atoms in total. The molecule has 1 aliphatic rings. The van der Waals surface area contributed by atoms with E-state index in [0.717, 1.165) is 13.0 Å². The van der Waals surface area contributed by atoms with Crippen molar-refractivity contribution < 1.29 is 4.79 Å². The fourth-order valence-electron chi connectivity index (χ4n) is 2.18. The topological polar surface area (TPSA) is 50.2 Å². The van der Waals surface area contributed by atoms with Gasteiger partial charge >= 0.3 is 0 Å². The molecule has 0 unspecified atom stereocenters. The molecule has 2 heterocycles. The van der Waals surface area contributed by atoms with Crippen LogP contribution in [0.15, 0.2) is 12.5 Å². The zero-order valence-electron chi connectivity index (χ0n) is 10.5. The van der Waals surface area contributed by atoms with Gasteiger partial charge in [0.2, 0.25) is 5.91 Å². The third kappa shape index (κ3) is 2.85. The van der Waals surface area contributed by atoms with Gasteiger partial charge < -0.3 is 14.8 Å². The summed E-state index contributed by atoms with van der Waals surface area (Å²) in [5.41, 5.74) is 1.20. The van der Waals surface area contributed by atoms with E-state index in [0.29, 0.717) is 19.0 Å². The van der Waals surface area contributed by atoms with Gasteiger partial charge in [-0.3, -0.25) is 4.79 Å². The van der Waals surface area contributed by atoms with Crippen molar-refractivity contribution in [2.45, 2.75) is 31.8 Å². The summed E-state index contributed by atoms with van der Waals surface area (Å²) in [6, 6.07) is 0.409. The van der Waals surface area contributed by atoms with Crippen molar-refractivity contribution >= 4 is 5.91 Å². The molecule has 17 heavy (non-hydrogen) atoms. The first kappa shape index (κ1) is 12.1. The van der Waals surface area contributed by atoms with E-state index in [4.69, 9.17) is 0 Å². The van der Waals surface area contributed by atoms with Crippen molar-refractivity contribution in [3.05, 3.63) is 18.2 Å². The maximum atomic E-state index is 11.5. The first-order valence-corrected chi connectivity index (χ1v) is 6.12. The van der Waals surface area contributed by atoms with E-state index in [1.165, 1.54) is 12.1 Å². The number of imidazole rings is 1. The molecule has 0 bridgehead atoms. The van der Waals surface area contributed by atoms with Crippen LogP contribution in [0.25, 0.3) is 0 Å². The van der Waals surface area contributed by atoms with Gasteiger partial charge in [-0.05, 0) is 19.4 Å². The number of hydrogen-bond donors (Lipinski definition) is 1. The van der Waals surface area contributed by atoms with Crippen molar-refractivity contribution in [2.24, 2.45) is 0 Å². The van der Waals surface area contributed by atoms with Crippen molar-refractivity contribution in [3.8, 4) is 0 Å². The number of carbonyl (C=O) groups is 1. The van der Waals surface area contributed by atoms with Crippen LogP contribution < -0.4 is 5.32 Å². The molecule has 1 fully saturated rings.